The Morgan fingerprint density at radius 2 is 1.65 bits per heavy atom. The summed E-state index contributed by atoms with van der Waals surface area (Å²) in [6.07, 6.45) is -0.507. The van der Waals surface area contributed by atoms with Crippen LogP contribution in [0.25, 0.3) is 11.1 Å². The van der Waals surface area contributed by atoms with Crippen LogP contribution in [0, 0.1) is 0 Å². The number of aromatic hydroxyl groups is 1. The summed E-state index contributed by atoms with van der Waals surface area (Å²) in [5.74, 6) is 0.505. The van der Waals surface area contributed by atoms with Crippen LogP contribution in [-0.2, 0) is 11.3 Å². The van der Waals surface area contributed by atoms with Gasteiger partial charge in [0.25, 0.3) is 0 Å². The molecule has 0 bridgehead atoms. The average Bonchev–Trinajstić information content (AvgIpc) is 2.68. The molecular formula is C21H19NO4. The van der Waals surface area contributed by atoms with Crippen molar-refractivity contribution in [3.8, 4) is 22.6 Å². The number of ether oxygens (including phenoxy) is 2. The lowest BCUT2D eigenvalue weighted by atomic mass is 10.0. The molecule has 0 saturated heterocycles. The van der Waals surface area contributed by atoms with Crippen LogP contribution in [-0.4, -0.2) is 18.3 Å². The standard InChI is InChI=1S/C21H19NO4/c1-25-20-13-17(9-12-19(20)23)16-7-10-18(11-8-16)22-21(24)26-14-15-5-3-2-4-6-15/h2-13,23H,14H2,1H3,(H,22,24). The van der Waals surface area contributed by atoms with Crippen LogP contribution < -0.4 is 10.1 Å². The molecule has 0 saturated carbocycles. The van der Waals surface area contributed by atoms with Gasteiger partial charge in [0.15, 0.2) is 11.5 Å². The molecule has 132 valence electrons. The highest BCUT2D eigenvalue weighted by Gasteiger charge is 2.07. The van der Waals surface area contributed by atoms with E-state index in [1.54, 1.807) is 30.3 Å². The zero-order chi connectivity index (χ0) is 18.4. The number of rotatable bonds is 5. The second kappa shape index (κ2) is 8.07. The maximum atomic E-state index is 11.9. The molecule has 0 aliphatic carbocycles. The van der Waals surface area contributed by atoms with Crippen LogP contribution in [0.4, 0.5) is 10.5 Å². The van der Waals surface area contributed by atoms with Gasteiger partial charge in [0.05, 0.1) is 7.11 Å². The first-order valence-electron chi connectivity index (χ1n) is 8.11. The third-order valence-electron chi connectivity index (χ3n) is 3.86. The largest absolute Gasteiger partial charge is 0.504 e. The van der Waals surface area contributed by atoms with E-state index in [4.69, 9.17) is 9.47 Å². The predicted molar refractivity (Wildman–Crippen MR) is 100 cm³/mol. The fraction of sp³-hybridized carbons (Fsp3) is 0.0952. The van der Waals surface area contributed by atoms with Crippen molar-refractivity contribution in [2.24, 2.45) is 0 Å². The third-order valence-corrected chi connectivity index (χ3v) is 3.86. The summed E-state index contributed by atoms with van der Waals surface area (Å²) < 4.78 is 10.3. The molecule has 0 atom stereocenters. The van der Waals surface area contributed by atoms with E-state index < -0.39 is 6.09 Å². The lowest BCUT2D eigenvalue weighted by molar-refractivity contribution is 0.155. The minimum Gasteiger partial charge on any atom is -0.504 e. The van der Waals surface area contributed by atoms with E-state index in [-0.39, 0.29) is 12.4 Å². The molecule has 3 aromatic rings. The Hall–Kier alpha value is -3.47. The molecule has 5 nitrogen and oxygen atoms in total. The van der Waals surface area contributed by atoms with Gasteiger partial charge in [0, 0.05) is 5.69 Å². The number of phenolic OH excluding ortho intramolecular Hbond substituents is 1. The van der Waals surface area contributed by atoms with Crippen molar-refractivity contribution in [2.45, 2.75) is 6.61 Å². The number of benzene rings is 3. The molecule has 0 spiro atoms. The summed E-state index contributed by atoms with van der Waals surface area (Å²) in [7, 11) is 1.51. The molecule has 0 aliphatic rings. The summed E-state index contributed by atoms with van der Waals surface area (Å²) in [5.41, 5.74) is 3.40. The quantitative estimate of drug-likeness (QED) is 0.693. The molecule has 26 heavy (non-hydrogen) atoms. The van der Waals surface area contributed by atoms with Gasteiger partial charge < -0.3 is 14.6 Å². The van der Waals surface area contributed by atoms with Gasteiger partial charge in [-0.2, -0.15) is 0 Å². The van der Waals surface area contributed by atoms with E-state index in [0.29, 0.717) is 11.4 Å². The lowest BCUT2D eigenvalue weighted by Crippen LogP contribution is -2.13. The maximum absolute atomic E-state index is 11.9. The van der Waals surface area contributed by atoms with Crippen molar-refractivity contribution < 1.29 is 19.4 Å². The second-order valence-electron chi connectivity index (χ2n) is 5.65. The van der Waals surface area contributed by atoms with Crippen molar-refractivity contribution in [2.75, 3.05) is 12.4 Å². The molecule has 5 heteroatoms. The molecular weight excluding hydrogens is 330 g/mol. The lowest BCUT2D eigenvalue weighted by Gasteiger charge is -2.09. The van der Waals surface area contributed by atoms with E-state index in [1.165, 1.54) is 7.11 Å². The summed E-state index contributed by atoms with van der Waals surface area (Å²) >= 11 is 0. The number of anilines is 1. The first-order chi connectivity index (χ1) is 12.7. The molecule has 0 aromatic heterocycles. The van der Waals surface area contributed by atoms with Crippen LogP contribution in [0.2, 0.25) is 0 Å². The highest BCUT2D eigenvalue weighted by molar-refractivity contribution is 5.85. The van der Waals surface area contributed by atoms with Gasteiger partial charge in [-0.3, -0.25) is 5.32 Å². The van der Waals surface area contributed by atoms with E-state index in [2.05, 4.69) is 5.32 Å². The number of carbonyl (C=O) groups is 1. The predicted octanol–water partition coefficient (Wildman–Crippen LogP) is 4.82. The van der Waals surface area contributed by atoms with Crippen LogP contribution >= 0.6 is 0 Å². The normalized spacial score (nSPS) is 10.2. The van der Waals surface area contributed by atoms with Gasteiger partial charge in [-0.25, -0.2) is 4.79 Å². The van der Waals surface area contributed by atoms with E-state index in [9.17, 15) is 9.90 Å². The SMILES string of the molecule is COc1cc(-c2ccc(NC(=O)OCc3ccccc3)cc2)ccc1O. The van der Waals surface area contributed by atoms with Gasteiger partial charge in [-0.1, -0.05) is 48.5 Å². The van der Waals surface area contributed by atoms with Crippen molar-refractivity contribution in [3.63, 3.8) is 0 Å². The molecule has 0 radical (unpaired) electrons. The van der Waals surface area contributed by atoms with Gasteiger partial charge >= 0.3 is 6.09 Å². The Labute approximate surface area is 151 Å². The minimum absolute atomic E-state index is 0.0932. The summed E-state index contributed by atoms with van der Waals surface area (Å²) in [4.78, 5) is 11.9. The first-order valence-corrected chi connectivity index (χ1v) is 8.11. The number of phenols is 1. The monoisotopic (exact) mass is 349 g/mol. The molecule has 0 unspecified atom stereocenters. The Balaban J connectivity index is 1.61. The minimum atomic E-state index is -0.507. The average molecular weight is 349 g/mol. The summed E-state index contributed by atoms with van der Waals surface area (Å²) in [6, 6.07) is 22.0. The number of amides is 1. The number of nitrogens with one attached hydrogen (secondary N) is 1. The number of methoxy groups -OCH3 is 1. The second-order valence-corrected chi connectivity index (χ2v) is 5.65. The van der Waals surface area contributed by atoms with Crippen LogP contribution in [0.5, 0.6) is 11.5 Å². The molecule has 3 aromatic carbocycles. The Morgan fingerprint density at radius 3 is 2.35 bits per heavy atom. The van der Waals surface area contributed by atoms with Gasteiger partial charge in [0.2, 0.25) is 0 Å². The summed E-state index contributed by atoms with van der Waals surface area (Å²) in [6.45, 7) is 0.220. The van der Waals surface area contributed by atoms with Gasteiger partial charge in [-0.05, 0) is 41.0 Å². The zero-order valence-corrected chi connectivity index (χ0v) is 14.3. The topological polar surface area (TPSA) is 67.8 Å². The summed E-state index contributed by atoms with van der Waals surface area (Å²) in [5, 5.41) is 12.4. The number of carbonyl (C=O) groups excluding carboxylic acids is 1. The van der Waals surface area contributed by atoms with Gasteiger partial charge in [0.1, 0.15) is 6.61 Å². The van der Waals surface area contributed by atoms with Crippen molar-refractivity contribution in [1.29, 1.82) is 0 Å². The van der Waals surface area contributed by atoms with E-state index in [1.807, 2.05) is 42.5 Å². The third kappa shape index (κ3) is 4.33. The molecule has 0 heterocycles. The fourth-order valence-electron chi connectivity index (χ4n) is 2.48. The van der Waals surface area contributed by atoms with E-state index in [0.717, 1.165) is 16.7 Å². The van der Waals surface area contributed by atoms with Crippen molar-refractivity contribution in [1.82, 2.24) is 0 Å². The van der Waals surface area contributed by atoms with Crippen molar-refractivity contribution >= 4 is 11.8 Å². The highest BCUT2D eigenvalue weighted by atomic mass is 16.5. The first kappa shape index (κ1) is 17.4. The Kier molecular flexibility index (Phi) is 5.39. The van der Waals surface area contributed by atoms with Crippen LogP contribution in [0.15, 0.2) is 72.8 Å². The smallest absolute Gasteiger partial charge is 0.411 e. The molecule has 1 amide bonds. The van der Waals surface area contributed by atoms with Gasteiger partial charge in [-0.15, -0.1) is 0 Å². The Morgan fingerprint density at radius 1 is 0.962 bits per heavy atom. The number of hydrogen-bond acceptors (Lipinski definition) is 4. The maximum Gasteiger partial charge on any atom is 0.411 e. The van der Waals surface area contributed by atoms with Crippen molar-refractivity contribution in [3.05, 3.63) is 78.4 Å². The van der Waals surface area contributed by atoms with Crippen LogP contribution in [0.1, 0.15) is 5.56 Å². The Bertz CT molecular complexity index is 876. The van der Waals surface area contributed by atoms with E-state index >= 15 is 0 Å². The fourth-order valence-corrected chi connectivity index (χ4v) is 2.48. The number of hydrogen-bond donors (Lipinski definition) is 2. The molecule has 0 aliphatic heterocycles. The van der Waals surface area contributed by atoms with Crippen LogP contribution in [0.3, 0.4) is 0 Å². The molecule has 0 fully saturated rings. The highest BCUT2D eigenvalue weighted by Crippen LogP contribution is 2.31. The zero-order valence-electron chi connectivity index (χ0n) is 14.3. The molecule has 2 N–H and O–H groups in total. The molecule has 3 rings (SSSR count).